The lowest BCUT2D eigenvalue weighted by molar-refractivity contribution is -0.118. The molecule has 0 aromatic heterocycles. The van der Waals surface area contributed by atoms with Crippen LogP contribution < -0.4 is 10.6 Å². The summed E-state index contributed by atoms with van der Waals surface area (Å²) >= 11 is 0. The van der Waals surface area contributed by atoms with Crippen LogP contribution in [0.2, 0.25) is 0 Å². The van der Waals surface area contributed by atoms with Gasteiger partial charge in [-0.1, -0.05) is 6.07 Å². The van der Waals surface area contributed by atoms with Crippen LogP contribution in [0.25, 0.3) is 0 Å². The highest BCUT2D eigenvalue weighted by atomic mass is 32.2. The average molecular weight is 339 g/mol. The van der Waals surface area contributed by atoms with Crippen molar-refractivity contribution in [2.75, 3.05) is 26.2 Å². The molecule has 2 N–H and O–H groups in total. The second-order valence-corrected chi connectivity index (χ2v) is 7.32. The number of hydrogen-bond acceptors (Lipinski definition) is 4. The molecule has 1 aliphatic rings. The monoisotopic (exact) mass is 339 g/mol. The molecular weight excluding hydrogens is 318 g/mol. The maximum atomic E-state index is 12.5. The number of carbonyl (C=O) groups excluding carboxylic acids is 2. The molecule has 7 nitrogen and oxygen atoms in total. The molecule has 0 aliphatic carbocycles. The zero-order valence-corrected chi connectivity index (χ0v) is 13.9. The normalized spacial score (nSPS) is 15.3. The minimum atomic E-state index is -3.53. The first-order chi connectivity index (χ1) is 10.9. The summed E-state index contributed by atoms with van der Waals surface area (Å²) in [5, 5.41) is 5.21. The molecule has 23 heavy (non-hydrogen) atoms. The minimum Gasteiger partial charge on any atom is -0.355 e. The van der Waals surface area contributed by atoms with E-state index in [1.807, 2.05) is 0 Å². The number of nitrogens with one attached hydrogen (secondary N) is 2. The Morgan fingerprint density at radius 2 is 1.78 bits per heavy atom. The van der Waals surface area contributed by atoms with E-state index < -0.39 is 10.0 Å². The van der Waals surface area contributed by atoms with Gasteiger partial charge in [0.25, 0.3) is 5.91 Å². The Balaban J connectivity index is 2.04. The van der Waals surface area contributed by atoms with Crippen molar-refractivity contribution in [3.8, 4) is 0 Å². The van der Waals surface area contributed by atoms with E-state index >= 15 is 0 Å². The van der Waals surface area contributed by atoms with Gasteiger partial charge in [-0.15, -0.1) is 0 Å². The molecule has 0 atom stereocenters. The molecule has 1 aliphatic heterocycles. The Labute approximate surface area is 136 Å². The van der Waals surface area contributed by atoms with Crippen LogP contribution in [0.1, 0.15) is 30.1 Å². The molecule has 0 bridgehead atoms. The van der Waals surface area contributed by atoms with E-state index in [2.05, 4.69) is 10.6 Å². The van der Waals surface area contributed by atoms with Gasteiger partial charge in [-0.3, -0.25) is 9.59 Å². The quantitative estimate of drug-likeness (QED) is 0.731. The Kier molecular flexibility index (Phi) is 5.73. The number of carbonyl (C=O) groups is 2. The van der Waals surface area contributed by atoms with Crippen molar-refractivity contribution in [2.24, 2.45) is 0 Å². The van der Waals surface area contributed by atoms with Crippen molar-refractivity contribution >= 4 is 21.8 Å². The van der Waals surface area contributed by atoms with Gasteiger partial charge in [0.15, 0.2) is 0 Å². The Bertz CT molecular complexity index is 682. The fraction of sp³-hybridized carbons (Fsp3) is 0.467. The third-order valence-electron chi connectivity index (χ3n) is 3.58. The smallest absolute Gasteiger partial charge is 0.251 e. The molecule has 0 spiro atoms. The molecule has 8 heteroatoms. The number of benzene rings is 1. The maximum absolute atomic E-state index is 12.5. The molecule has 0 unspecified atom stereocenters. The lowest BCUT2D eigenvalue weighted by Gasteiger charge is -2.16. The molecule has 126 valence electrons. The molecule has 0 radical (unpaired) electrons. The fourth-order valence-corrected chi connectivity index (χ4v) is 3.96. The van der Waals surface area contributed by atoms with Crippen molar-refractivity contribution in [1.29, 1.82) is 0 Å². The molecule has 1 heterocycles. The summed E-state index contributed by atoms with van der Waals surface area (Å²) in [6.45, 7) is 3.05. The van der Waals surface area contributed by atoms with Gasteiger partial charge in [-0.2, -0.15) is 4.31 Å². The summed E-state index contributed by atoms with van der Waals surface area (Å²) in [5.41, 5.74) is 0.285. The van der Waals surface area contributed by atoms with E-state index in [1.54, 1.807) is 12.1 Å². The van der Waals surface area contributed by atoms with Gasteiger partial charge < -0.3 is 10.6 Å². The van der Waals surface area contributed by atoms with Crippen LogP contribution in [0.3, 0.4) is 0 Å². The van der Waals surface area contributed by atoms with E-state index in [4.69, 9.17) is 0 Å². The van der Waals surface area contributed by atoms with Crippen molar-refractivity contribution < 1.29 is 18.0 Å². The first-order valence-corrected chi connectivity index (χ1v) is 8.98. The summed E-state index contributed by atoms with van der Waals surface area (Å²) in [5.74, 6) is -0.535. The van der Waals surface area contributed by atoms with Crippen LogP contribution >= 0.6 is 0 Å². The van der Waals surface area contributed by atoms with Gasteiger partial charge in [0.2, 0.25) is 15.9 Å². The lowest BCUT2D eigenvalue weighted by Crippen LogP contribution is -2.33. The minimum absolute atomic E-state index is 0.133. The van der Waals surface area contributed by atoms with Crippen molar-refractivity contribution in [3.05, 3.63) is 29.8 Å². The van der Waals surface area contributed by atoms with Crippen molar-refractivity contribution in [3.63, 3.8) is 0 Å². The van der Waals surface area contributed by atoms with Gasteiger partial charge in [0, 0.05) is 38.7 Å². The van der Waals surface area contributed by atoms with Gasteiger partial charge in [0.05, 0.1) is 4.90 Å². The summed E-state index contributed by atoms with van der Waals surface area (Å²) in [6, 6.07) is 6.02. The standard InChI is InChI=1S/C15H21N3O4S/c1-12(19)16-7-8-17-15(20)13-5-4-6-14(11-13)23(21,22)18-9-2-3-10-18/h4-6,11H,2-3,7-10H2,1H3,(H,16,19)(H,17,20). The third-order valence-corrected chi connectivity index (χ3v) is 5.48. The summed E-state index contributed by atoms with van der Waals surface area (Å²) in [4.78, 5) is 22.9. The second kappa shape index (κ2) is 7.56. The molecule has 1 saturated heterocycles. The van der Waals surface area contributed by atoms with Gasteiger partial charge >= 0.3 is 0 Å². The predicted octanol–water partition coefficient (Wildman–Crippen LogP) is 0.337. The number of nitrogens with zero attached hydrogens (tertiary/aromatic N) is 1. The zero-order valence-electron chi connectivity index (χ0n) is 13.0. The first kappa shape index (κ1) is 17.4. The first-order valence-electron chi connectivity index (χ1n) is 7.54. The van der Waals surface area contributed by atoms with E-state index in [9.17, 15) is 18.0 Å². The van der Waals surface area contributed by atoms with Crippen molar-refractivity contribution in [2.45, 2.75) is 24.7 Å². The SMILES string of the molecule is CC(=O)NCCNC(=O)c1cccc(S(=O)(=O)N2CCCC2)c1. The topological polar surface area (TPSA) is 95.6 Å². The number of rotatable bonds is 6. The third kappa shape index (κ3) is 4.52. The van der Waals surface area contributed by atoms with Crippen LogP contribution in [0.4, 0.5) is 0 Å². The number of sulfonamides is 1. The van der Waals surface area contributed by atoms with Crippen molar-refractivity contribution in [1.82, 2.24) is 14.9 Å². The zero-order chi connectivity index (χ0) is 16.9. The molecule has 1 aromatic rings. The largest absolute Gasteiger partial charge is 0.355 e. The Morgan fingerprint density at radius 3 is 2.43 bits per heavy atom. The molecule has 2 amide bonds. The summed E-state index contributed by atoms with van der Waals surface area (Å²) in [7, 11) is -3.53. The number of hydrogen-bond donors (Lipinski definition) is 2. The van der Waals surface area contributed by atoms with Gasteiger partial charge in [-0.05, 0) is 31.0 Å². The van der Waals surface area contributed by atoms with Crippen LogP contribution in [0.5, 0.6) is 0 Å². The Morgan fingerprint density at radius 1 is 1.13 bits per heavy atom. The summed E-state index contributed by atoms with van der Waals surface area (Å²) in [6.07, 6.45) is 1.73. The van der Waals surface area contributed by atoms with Crippen LogP contribution in [0.15, 0.2) is 29.2 Å². The van der Waals surface area contributed by atoms with E-state index in [0.717, 1.165) is 12.8 Å². The molecule has 1 aromatic carbocycles. The summed E-state index contributed by atoms with van der Waals surface area (Å²) < 4.78 is 26.4. The highest BCUT2D eigenvalue weighted by molar-refractivity contribution is 7.89. The maximum Gasteiger partial charge on any atom is 0.251 e. The predicted molar refractivity (Wildman–Crippen MR) is 85.5 cm³/mol. The lowest BCUT2D eigenvalue weighted by atomic mass is 10.2. The molecule has 2 rings (SSSR count). The Hall–Kier alpha value is -1.93. The van der Waals surface area contributed by atoms with Gasteiger partial charge in [0.1, 0.15) is 0 Å². The van der Waals surface area contributed by atoms with E-state index in [-0.39, 0.29) is 28.8 Å². The van der Waals surface area contributed by atoms with E-state index in [1.165, 1.54) is 23.4 Å². The molecule has 1 fully saturated rings. The fourth-order valence-electron chi connectivity index (χ4n) is 2.39. The van der Waals surface area contributed by atoms with Crippen LogP contribution in [-0.4, -0.2) is 50.7 Å². The highest BCUT2D eigenvalue weighted by Crippen LogP contribution is 2.21. The second-order valence-electron chi connectivity index (χ2n) is 5.38. The molecular formula is C15H21N3O4S. The average Bonchev–Trinajstić information content (AvgIpc) is 3.06. The van der Waals surface area contributed by atoms with Crippen LogP contribution in [0, 0.1) is 0 Å². The van der Waals surface area contributed by atoms with Gasteiger partial charge in [-0.25, -0.2) is 8.42 Å². The van der Waals surface area contributed by atoms with E-state index in [0.29, 0.717) is 19.6 Å². The molecule has 0 saturated carbocycles. The highest BCUT2D eigenvalue weighted by Gasteiger charge is 2.27. The van der Waals surface area contributed by atoms with Crippen LogP contribution in [-0.2, 0) is 14.8 Å². The number of amides is 2.